The molecule has 0 aromatic carbocycles. The highest BCUT2D eigenvalue weighted by Crippen LogP contribution is 2.12. The molecule has 13 heavy (non-hydrogen) atoms. The zero-order chi connectivity index (χ0) is 9.84. The fourth-order valence-electron chi connectivity index (χ4n) is 1.28. The molecule has 0 aromatic heterocycles. The average Bonchev–Trinajstić information content (AvgIpc) is 2.50. The first-order valence-corrected chi connectivity index (χ1v) is 4.05. The maximum Gasteiger partial charge on any atom is 0.236 e. The van der Waals surface area contributed by atoms with Crippen LogP contribution in [0.25, 0.3) is 0 Å². The fraction of sp³-hybridized carbons (Fsp3) is 0.750. The Morgan fingerprint density at radius 1 is 1.77 bits per heavy atom. The molecule has 1 fully saturated rings. The Bertz CT molecular complexity index is 236. The van der Waals surface area contributed by atoms with Crippen molar-refractivity contribution in [2.45, 2.75) is 18.6 Å². The third-order valence-corrected chi connectivity index (χ3v) is 2.14. The van der Waals surface area contributed by atoms with Crippen LogP contribution in [0.4, 0.5) is 0 Å². The number of carbonyl (C=O) groups is 1. The van der Waals surface area contributed by atoms with Gasteiger partial charge in [0.2, 0.25) is 5.91 Å². The molecule has 0 aliphatic carbocycles. The predicted octanol–water partition coefficient (Wildman–Crippen LogP) is -0.882. The number of amides is 1. The zero-order valence-electron chi connectivity index (χ0n) is 7.43. The lowest BCUT2D eigenvalue weighted by Gasteiger charge is -2.24. The van der Waals surface area contributed by atoms with Gasteiger partial charge in [-0.05, 0) is 0 Å². The zero-order valence-corrected chi connectivity index (χ0v) is 7.43. The van der Waals surface area contributed by atoms with E-state index in [2.05, 4.69) is 0 Å². The van der Waals surface area contributed by atoms with Gasteiger partial charge >= 0.3 is 0 Å². The number of hydrogen-bond donors (Lipinski definition) is 1. The third kappa shape index (κ3) is 2.17. The molecule has 1 N–H and O–H groups in total. The lowest BCUT2D eigenvalue weighted by Crippen LogP contribution is -2.43. The van der Waals surface area contributed by atoms with E-state index in [-0.39, 0.29) is 25.0 Å². The van der Waals surface area contributed by atoms with Crippen molar-refractivity contribution in [3.8, 4) is 6.07 Å². The molecule has 1 heterocycles. The van der Waals surface area contributed by atoms with Crippen molar-refractivity contribution in [3.05, 3.63) is 0 Å². The SMILES string of the molecule is CN(C(=O)CC#N)[C@@H]1COC[C@H]1O. The molecule has 0 spiro atoms. The van der Waals surface area contributed by atoms with E-state index in [4.69, 9.17) is 10.00 Å². The summed E-state index contributed by atoms with van der Waals surface area (Å²) in [5, 5.41) is 17.7. The minimum absolute atomic E-state index is 0.153. The van der Waals surface area contributed by atoms with Crippen LogP contribution in [0.5, 0.6) is 0 Å². The van der Waals surface area contributed by atoms with Gasteiger partial charge < -0.3 is 14.7 Å². The van der Waals surface area contributed by atoms with Gasteiger partial charge in [0.15, 0.2) is 0 Å². The molecule has 5 heteroatoms. The molecular weight excluding hydrogens is 172 g/mol. The summed E-state index contributed by atoms with van der Waals surface area (Å²) in [7, 11) is 1.57. The lowest BCUT2D eigenvalue weighted by molar-refractivity contribution is -0.132. The molecule has 1 rings (SSSR count). The Kier molecular flexibility index (Phi) is 3.23. The summed E-state index contributed by atoms with van der Waals surface area (Å²) in [5.41, 5.74) is 0. The van der Waals surface area contributed by atoms with Gasteiger partial charge in [-0.25, -0.2) is 0 Å². The maximum absolute atomic E-state index is 11.2. The summed E-state index contributed by atoms with van der Waals surface area (Å²) in [6.07, 6.45) is -0.785. The summed E-state index contributed by atoms with van der Waals surface area (Å²) in [4.78, 5) is 12.6. The van der Waals surface area contributed by atoms with Gasteiger partial charge in [-0.3, -0.25) is 4.79 Å². The molecular formula is C8H12N2O3. The second-order valence-electron chi connectivity index (χ2n) is 3.01. The molecule has 72 valence electrons. The smallest absolute Gasteiger partial charge is 0.236 e. The van der Waals surface area contributed by atoms with E-state index in [9.17, 15) is 9.90 Å². The van der Waals surface area contributed by atoms with E-state index in [1.807, 2.05) is 0 Å². The Morgan fingerprint density at radius 3 is 2.92 bits per heavy atom. The van der Waals surface area contributed by atoms with Crippen molar-refractivity contribution < 1.29 is 14.6 Å². The highest BCUT2D eigenvalue weighted by molar-refractivity contribution is 5.78. The Hall–Kier alpha value is -1.12. The number of carbonyl (C=O) groups excluding carboxylic acids is 1. The number of likely N-dealkylation sites (N-methyl/N-ethyl adjacent to an activating group) is 1. The normalized spacial score (nSPS) is 26.8. The number of nitrogens with zero attached hydrogens (tertiary/aromatic N) is 2. The van der Waals surface area contributed by atoms with Crippen molar-refractivity contribution in [1.29, 1.82) is 5.26 Å². The van der Waals surface area contributed by atoms with Gasteiger partial charge in [0, 0.05) is 7.05 Å². The molecule has 1 aliphatic heterocycles. The molecule has 1 aliphatic rings. The molecule has 1 amide bonds. The highest BCUT2D eigenvalue weighted by atomic mass is 16.5. The third-order valence-electron chi connectivity index (χ3n) is 2.14. The lowest BCUT2D eigenvalue weighted by atomic mass is 10.2. The van der Waals surface area contributed by atoms with Crippen LogP contribution in [0, 0.1) is 11.3 Å². The summed E-state index contributed by atoms with van der Waals surface area (Å²) in [6.45, 7) is 0.601. The first kappa shape index (κ1) is 9.96. The predicted molar refractivity (Wildman–Crippen MR) is 43.6 cm³/mol. The van der Waals surface area contributed by atoms with Crippen LogP contribution in [0.15, 0.2) is 0 Å². The van der Waals surface area contributed by atoms with Gasteiger partial charge in [-0.2, -0.15) is 5.26 Å². The molecule has 0 unspecified atom stereocenters. The van der Waals surface area contributed by atoms with Crippen LogP contribution in [-0.4, -0.2) is 48.3 Å². The van der Waals surface area contributed by atoms with E-state index in [1.165, 1.54) is 4.90 Å². The molecule has 0 saturated carbocycles. The fourth-order valence-corrected chi connectivity index (χ4v) is 1.28. The van der Waals surface area contributed by atoms with Crippen molar-refractivity contribution in [1.82, 2.24) is 4.90 Å². The van der Waals surface area contributed by atoms with Crippen LogP contribution < -0.4 is 0 Å². The number of aliphatic hydroxyl groups is 1. The average molecular weight is 184 g/mol. The maximum atomic E-state index is 11.2. The van der Waals surface area contributed by atoms with Gasteiger partial charge in [0.25, 0.3) is 0 Å². The largest absolute Gasteiger partial charge is 0.388 e. The minimum Gasteiger partial charge on any atom is -0.388 e. The van der Waals surface area contributed by atoms with Crippen LogP contribution in [0.1, 0.15) is 6.42 Å². The quantitative estimate of drug-likeness (QED) is 0.604. The second-order valence-corrected chi connectivity index (χ2v) is 3.01. The topological polar surface area (TPSA) is 73.6 Å². The Morgan fingerprint density at radius 2 is 2.46 bits per heavy atom. The van der Waals surface area contributed by atoms with E-state index in [1.54, 1.807) is 13.1 Å². The van der Waals surface area contributed by atoms with Crippen molar-refractivity contribution in [3.63, 3.8) is 0 Å². The molecule has 0 aromatic rings. The van der Waals surface area contributed by atoms with Gasteiger partial charge in [-0.15, -0.1) is 0 Å². The monoisotopic (exact) mass is 184 g/mol. The van der Waals surface area contributed by atoms with Gasteiger partial charge in [0.1, 0.15) is 6.42 Å². The highest BCUT2D eigenvalue weighted by Gasteiger charge is 2.31. The van der Waals surface area contributed by atoms with Crippen LogP contribution in [0.3, 0.4) is 0 Å². The standard InChI is InChI=1S/C8H12N2O3/c1-10(8(12)2-3-9)6-4-13-5-7(6)11/h6-7,11H,2,4-5H2,1H3/t6-,7-/m1/s1. The van der Waals surface area contributed by atoms with E-state index >= 15 is 0 Å². The van der Waals surface area contributed by atoms with Crippen LogP contribution >= 0.6 is 0 Å². The van der Waals surface area contributed by atoms with E-state index < -0.39 is 6.10 Å². The first-order chi connectivity index (χ1) is 6.16. The van der Waals surface area contributed by atoms with E-state index in [0.29, 0.717) is 6.61 Å². The molecule has 5 nitrogen and oxygen atoms in total. The molecule has 0 bridgehead atoms. The molecule has 2 atom stereocenters. The van der Waals surface area contributed by atoms with Gasteiger partial charge in [0.05, 0.1) is 31.4 Å². The summed E-state index contributed by atoms with van der Waals surface area (Å²) >= 11 is 0. The Balaban J connectivity index is 2.51. The Labute approximate surface area is 76.5 Å². The van der Waals surface area contributed by atoms with Crippen molar-refractivity contribution >= 4 is 5.91 Å². The number of nitriles is 1. The summed E-state index contributed by atoms with van der Waals surface area (Å²) in [5.74, 6) is -0.281. The second kappa shape index (κ2) is 4.21. The van der Waals surface area contributed by atoms with E-state index in [0.717, 1.165) is 0 Å². The summed E-state index contributed by atoms with van der Waals surface area (Å²) in [6, 6.07) is 1.47. The molecule has 1 saturated heterocycles. The minimum atomic E-state index is -0.632. The number of aliphatic hydroxyl groups excluding tert-OH is 1. The number of hydrogen-bond acceptors (Lipinski definition) is 4. The number of ether oxygens (including phenoxy) is 1. The first-order valence-electron chi connectivity index (χ1n) is 4.05. The molecule has 0 radical (unpaired) electrons. The van der Waals surface area contributed by atoms with Crippen LogP contribution in [-0.2, 0) is 9.53 Å². The van der Waals surface area contributed by atoms with Crippen molar-refractivity contribution in [2.24, 2.45) is 0 Å². The summed E-state index contributed by atoms with van der Waals surface area (Å²) < 4.78 is 4.99. The van der Waals surface area contributed by atoms with Crippen molar-refractivity contribution in [2.75, 3.05) is 20.3 Å². The van der Waals surface area contributed by atoms with Gasteiger partial charge in [-0.1, -0.05) is 0 Å². The number of rotatable bonds is 2. The van der Waals surface area contributed by atoms with Crippen LogP contribution in [0.2, 0.25) is 0 Å².